The highest BCUT2D eigenvalue weighted by Crippen LogP contribution is 2.67. The molecule has 3 fully saturated rings. The number of nitrogens with one attached hydrogen (secondary N) is 1. The zero-order valence-corrected chi connectivity index (χ0v) is 28.1. The van der Waals surface area contributed by atoms with Crippen molar-refractivity contribution in [1.29, 1.82) is 0 Å². The van der Waals surface area contributed by atoms with E-state index in [1.165, 1.54) is 51.4 Å². The standard InChI is InChI=1S/C37H63NO4/c1-25(2)10-8-11-27(5)31-14-15-32-30-13-12-28-24-29(18-20-36(28,6)33(30)19-21-37(31,32)7)42-35(40)17-16-34(39)38-22-9-23-41-26(3)4/h12,25-27,29-33H,8-11,13-24H2,1-7H3,(H,38,39)/t27?,29-,30-,31?,32-,33-,36-,37+/m0/s1. The van der Waals surface area contributed by atoms with Gasteiger partial charge in [0, 0.05) is 26.0 Å². The molecule has 5 heteroatoms. The molecule has 1 amide bonds. The molecule has 0 aliphatic heterocycles. The third-order valence-corrected chi connectivity index (χ3v) is 12.2. The Morgan fingerprint density at radius 1 is 0.952 bits per heavy atom. The van der Waals surface area contributed by atoms with Gasteiger partial charge in [-0.05, 0) is 112 Å². The van der Waals surface area contributed by atoms with Gasteiger partial charge >= 0.3 is 5.97 Å². The molecule has 0 heterocycles. The number of amides is 1. The third kappa shape index (κ3) is 7.83. The van der Waals surface area contributed by atoms with Crippen LogP contribution in [0.5, 0.6) is 0 Å². The zero-order valence-electron chi connectivity index (χ0n) is 28.1. The molecule has 42 heavy (non-hydrogen) atoms. The Bertz CT molecular complexity index is 942. The maximum Gasteiger partial charge on any atom is 0.306 e. The lowest BCUT2D eigenvalue weighted by molar-refractivity contribution is -0.152. The Kier molecular flexibility index (Phi) is 11.7. The molecule has 0 radical (unpaired) electrons. The van der Waals surface area contributed by atoms with Crippen molar-refractivity contribution in [2.75, 3.05) is 13.2 Å². The van der Waals surface area contributed by atoms with E-state index >= 15 is 0 Å². The van der Waals surface area contributed by atoms with Crippen molar-refractivity contribution in [3.05, 3.63) is 11.6 Å². The van der Waals surface area contributed by atoms with Crippen LogP contribution in [0.25, 0.3) is 0 Å². The van der Waals surface area contributed by atoms with E-state index in [9.17, 15) is 9.59 Å². The van der Waals surface area contributed by atoms with Crippen LogP contribution in [-0.4, -0.2) is 37.2 Å². The van der Waals surface area contributed by atoms with Gasteiger partial charge in [-0.15, -0.1) is 0 Å². The number of esters is 1. The normalized spacial score (nSPS) is 34.8. The van der Waals surface area contributed by atoms with Crippen molar-refractivity contribution in [2.45, 2.75) is 151 Å². The van der Waals surface area contributed by atoms with Crippen molar-refractivity contribution >= 4 is 11.9 Å². The maximum atomic E-state index is 12.6. The van der Waals surface area contributed by atoms with Gasteiger partial charge in [0.05, 0.1) is 12.5 Å². The molecular weight excluding hydrogens is 522 g/mol. The highest BCUT2D eigenvalue weighted by Gasteiger charge is 2.59. The van der Waals surface area contributed by atoms with Gasteiger partial charge in [-0.25, -0.2) is 0 Å². The Morgan fingerprint density at radius 2 is 1.74 bits per heavy atom. The Morgan fingerprint density at radius 3 is 2.48 bits per heavy atom. The molecule has 4 rings (SSSR count). The molecular formula is C37H63NO4. The molecule has 8 atom stereocenters. The Hall–Kier alpha value is -1.36. The number of fused-ring (bicyclic) bond motifs is 5. The van der Waals surface area contributed by atoms with Crippen molar-refractivity contribution in [2.24, 2.45) is 46.3 Å². The minimum atomic E-state index is -0.232. The predicted octanol–water partition coefficient (Wildman–Crippen LogP) is 8.65. The van der Waals surface area contributed by atoms with Crippen LogP contribution in [0.15, 0.2) is 11.6 Å². The van der Waals surface area contributed by atoms with Gasteiger partial charge in [-0.3, -0.25) is 9.59 Å². The molecule has 1 N–H and O–H groups in total. The summed E-state index contributed by atoms with van der Waals surface area (Å²) in [5.74, 6) is 4.70. The van der Waals surface area contributed by atoms with E-state index in [-0.39, 0.29) is 42.3 Å². The summed E-state index contributed by atoms with van der Waals surface area (Å²) in [5.41, 5.74) is 2.32. The van der Waals surface area contributed by atoms with Crippen molar-refractivity contribution in [1.82, 2.24) is 5.32 Å². The second-order valence-corrected chi connectivity index (χ2v) is 15.8. The lowest BCUT2D eigenvalue weighted by atomic mass is 9.47. The van der Waals surface area contributed by atoms with E-state index < -0.39 is 0 Å². The van der Waals surface area contributed by atoms with E-state index in [2.05, 4.69) is 46.0 Å². The summed E-state index contributed by atoms with van der Waals surface area (Å²) in [6, 6.07) is 0. The SMILES string of the molecule is CC(C)CCCC(C)C1CC[C@H]2[C@@H]3CC=C4C[C@@H](OC(=O)CCC(=O)NCCCOC(C)C)CC[C@]4(C)[C@H]3CC[C@]12C. The molecule has 4 aliphatic carbocycles. The number of allylic oxidation sites excluding steroid dienone is 1. The largest absolute Gasteiger partial charge is 0.462 e. The third-order valence-electron chi connectivity index (χ3n) is 12.2. The van der Waals surface area contributed by atoms with Gasteiger partial charge in [0.25, 0.3) is 0 Å². The highest BCUT2D eigenvalue weighted by molar-refractivity contribution is 5.81. The topological polar surface area (TPSA) is 64.6 Å². The highest BCUT2D eigenvalue weighted by atomic mass is 16.5. The molecule has 0 aromatic rings. The molecule has 2 unspecified atom stereocenters. The lowest BCUT2D eigenvalue weighted by Gasteiger charge is -2.58. The van der Waals surface area contributed by atoms with Crippen LogP contribution < -0.4 is 5.32 Å². The smallest absolute Gasteiger partial charge is 0.306 e. The Balaban J connectivity index is 1.26. The Labute approximate surface area is 257 Å². The summed E-state index contributed by atoms with van der Waals surface area (Å²) in [6.45, 7) is 17.7. The van der Waals surface area contributed by atoms with E-state index in [1.807, 2.05) is 13.8 Å². The fourth-order valence-corrected chi connectivity index (χ4v) is 9.92. The molecule has 240 valence electrons. The number of hydrogen-bond acceptors (Lipinski definition) is 4. The van der Waals surface area contributed by atoms with Gasteiger partial charge in [0.15, 0.2) is 0 Å². The molecule has 0 aromatic carbocycles. The van der Waals surface area contributed by atoms with Gasteiger partial charge < -0.3 is 14.8 Å². The summed E-state index contributed by atoms with van der Waals surface area (Å²) >= 11 is 0. The van der Waals surface area contributed by atoms with Crippen LogP contribution >= 0.6 is 0 Å². The minimum Gasteiger partial charge on any atom is -0.462 e. The van der Waals surface area contributed by atoms with Crippen LogP contribution in [0.3, 0.4) is 0 Å². The average Bonchev–Trinajstić information content (AvgIpc) is 3.29. The van der Waals surface area contributed by atoms with E-state index in [0.29, 0.717) is 18.6 Å². The monoisotopic (exact) mass is 585 g/mol. The molecule has 3 saturated carbocycles. The van der Waals surface area contributed by atoms with Gasteiger partial charge in [-0.2, -0.15) is 0 Å². The summed E-state index contributed by atoms with van der Waals surface area (Å²) in [6.07, 6.45) is 17.8. The number of carbonyl (C=O) groups excluding carboxylic acids is 2. The van der Waals surface area contributed by atoms with E-state index in [4.69, 9.17) is 9.47 Å². The quantitative estimate of drug-likeness (QED) is 0.126. The summed E-state index contributed by atoms with van der Waals surface area (Å²) < 4.78 is 11.4. The lowest BCUT2D eigenvalue weighted by Crippen LogP contribution is -2.51. The number of rotatable bonds is 14. The van der Waals surface area contributed by atoms with Gasteiger partial charge in [0.2, 0.25) is 5.91 Å². The fraction of sp³-hybridized carbons (Fsp3) is 0.892. The van der Waals surface area contributed by atoms with Crippen LogP contribution in [0, 0.1) is 46.3 Å². The van der Waals surface area contributed by atoms with Crippen molar-refractivity contribution in [3.63, 3.8) is 0 Å². The minimum absolute atomic E-state index is 0.0407. The van der Waals surface area contributed by atoms with Crippen LogP contribution in [-0.2, 0) is 19.1 Å². The van der Waals surface area contributed by atoms with Gasteiger partial charge in [0.1, 0.15) is 6.10 Å². The number of carbonyl (C=O) groups is 2. The molecule has 0 saturated heterocycles. The number of hydrogen-bond donors (Lipinski definition) is 1. The zero-order chi connectivity index (χ0) is 30.5. The first-order chi connectivity index (χ1) is 19.9. The molecule has 5 nitrogen and oxygen atoms in total. The van der Waals surface area contributed by atoms with E-state index in [1.54, 1.807) is 5.57 Å². The summed E-state index contributed by atoms with van der Waals surface area (Å²) in [5, 5.41) is 2.89. The first-order valence-corrected chi connectivity index (χ1v) is 17.7. The van der Waals surface area contributed by atoms with Crippen LogP contribution in [0.1, 0.15) is 138 Å². The average molecular weight is 586 g/mol. The summed E-state index contributed by atoms with van der Waals surface area (Å²) in [7, 11) is 0. The molecule has 0 aromatic heterocycles. The first-order valence-electron chi connectivity index (χ1n) is 17.7. The summed E-state index contributed by atoms with van der Waals surface area (Å²) in [4.78, 5) is 24.8. The fourth-order valence-electron chi connectivity index (χ4n) is 9.92. The second kappa shape index (κ2) is 14.6. The van der Waals surface area contributed by atoms with Crippen molar-refractivity contribution in [3.8, 4) is 0 Å². The molecule has 4 aliphatic rings. The number of ether oxygens (including phenoxy) is 2. The van der Waals surface area contributed by atoms with E-state index in [0.717, 1.165) is 61.2 Å². The first kappa shape index (κ1) is 33.5. The molecule has 0 bridgehead atoms. The maximum absolute atomic E-state index is 12.6. The second-order valence-electron chi connectivity index (χ2n) is 15.8. The van der Waals surface area contributed by atoms with Gasteiger partial charge in [-0.1, -0.05) is 65.5 Å². The predicted molar refractivity (Wildman–Crippen MR) is 171 cm³/mol. The molecule has 0 spiro atoms. The van der Waals surface area contributed by atoms with Crippen LogP contribution in [0.4, 0.5) is 0 Å². The van der Waals surface area contributed by atoms with Crippen molar-refractivity contribution < 1.29 is 19.1 Å². The van der Waals surface area contributed by atoms with Crippen LogP contribution in [0.2, 0.25) is 0 Å².